The van der Waals surface area contributed by atoms with E-state index in [0.717, 1.165) is 12.5 Å². The molecule has 1 fully saturated rings. The average molecular weight is 212 g/mol. The van der Waals surface area contributed by atoms with Crippen LogP contribution in [0, 0.1) is 11.8 Å². The Morgan fingerprint density at radius 1 is 1.33 bits per heavy atom. The van der Waals surface area contributed by atoms with Crippen molar-refractivity contribution in [2.24, 2.45) is 11.8 Å². The van der Waals surface area contributed by atoms with E-state index in [0.29, 0.717) is 18.5 Å². The number of hydrogen-bond acceptors (Lipinski definition) is 2. The third-order valence-corrected chi connectivity index (χ3v) is 3.36. The summed E-state index contributed by atoms with van der Waals surface area (Å²) >= 11 is 0. The van der Waals surface area contributed by atoms with E-state index in [-0.39, 0.29) is 5.91 Å². The minimum Gasteiger partial charge on any atom is -0.355 e. The van der Waals surface area contributed by atoms with E-state index in [4.69, 9.17) is 0 Å². The SMILES string of the molecule is CCNC(=O)CNC1CC(C)CCC1C. The molecule has 0 saturated heterocycles. The summed E-state index contributed by atoms with van der Waals surface area (Å²) in [5.41, 5.74) is 0. The number of hydrogen-bond donors (Lipinski definition) is 2. The highest BCUT2D eigenvalue weighted by Gasteiger charge is 2.25. The quantitative estimate of drug-likeness (QED) is 0.742. The molecule has 15 heavy (non-hydrogen) atoms. The summed E-state index contributed by atoms with van der Waals surface area (Å²) in [6, 6.07) is 0.524. The van der Waals surface area contributed by atoms with E-state index in [2.05, 4.69) is 24.5 Å². The third kappa shape index (κ3) is 4.20. The maximum Gasteiger partial charge on any atom is 0.233 e. The lowest BCUT2D eigenvalue weighted by molar-refractivity contribution is -0.120. The van der Waals surface area contributed by atoms with Gasteiger partial charge in [-0.2, -0.15) is 0 Å². The smallest absolute Gasteiger partial charge is 0.233 e. The van der Waals surface area contributed by atoms with E-state index < -0.39 is 0 Å². The summed E-state index contributed by atoms with van der Waals surface area (Å²) in [5, 5.41) is 6.18. The molecule has 1 amide bonds. The van der Waals surface area contributed by atoms with Gasteiger partial charge < -0.3 is 10.6 Å². The van der Waals surface area contributed by atoms with Crippen molar-refractivity contribution in [3.8, 4) is 0 Å². The van der Waals surface area contributed by atoms with Gasteiger partial charge in [0.05, 0.1) is 6.54 Å². The molecular formula is C12H24N2O. The van der Waals surface area contributed by atoms with Gasteiger partial charge in [0.25, 0.3) is 0 Å². The highest BCUT2D eigenvalue weighted by Crippen LogP contribution is 2.28. The molecule has 1 aliphatic carbocycles. The molecule has 2 N–H and O–H groups in total. The summed E-state index contributed by atoms with van der Waals surface area (Å²) in [6.07, 6.45) is 3.83. The topological polar surface area (TPSA) is 41.1 Å². The molecule has 0 bridgehead atoms. The zero-order chi connectivity index (χ0) is 11.3. The Balaban J connectivity index is 2.27. The monoisotopic (exact) mass is 212 g/mol. The molecule has 88 valence electrons. The zero-order valence-corrected chi connectivity index (χ0v) is 10.2. The molecule has 3 nitrogen and oxygen atoms in total. The van der Waals surface area contributed by atoms with Crippen LogP contribution < -0.4 is 10.6 Å². The van der Waals surface area contributed by atoms with Gasteiger partial charge in [-0.3, -0.25) is 4.79 Å². The molecule has 1 aliphatic rings. The molecule has 3 atom stereocenters. The van der Waals surface area contributed by atoms with Gasteiger partial charge in [-0.15, -0.1) is 0 Å². The lowest BCUT2D eigenvalue weighted by atomic mass is 9.80. The largest absolute Gasteiger partial charge is 0.355 e. The van der Waals surface area contributed by atoms with E-state index in [9.17, 15) is 4.79 Å². The number of rotatable bonds is 4. The molecule has 0 heterocycles. The molecule has 0 aromatic rings. The molecular weight excluding hydrogens is 188 g/mol. The normalized spacial score (nSPS) is 31.3. The van der Waals surface area contributed by atoms with Crippen LogP contribution in [0.25, 0.3) is 0 Å². The van der Waals surface area contributed by atoms with Crippen molar-refractivity contribution in [2.45, 2.75) is 46.1 Å². The number of carbonyl (C=O) groups is 1. The molecule has 1 rings (SSSR count). The maximum absolute atomic E-state index is 11.3. The van der Waals surface area contributed by atoms with Crippen molar-refractivity contribution in [3.63, 3.8) is 0 Å². The Morgan fingerprint density at radius 2 is 2.07 bits per heavy atom. The lowest BCUT2D eigenvalue weighted by Crippen LogP contribution is -2.44. The molecule has 3 unspecified atom stereocenters. The Bertz CT molecular complexity index is 206. The number of likely N-dealkylation sites (N-methyl/N-ethyl adjacent to an activating group) is 1. The van der Waals surface area contributed by atoms with Gasteiger partial charge in [-0.25, -0.2) is 0 Å². The van der Waals surface area contributed by atoms with Crippen molar-refractivity contribution in [1.29, 1.82) is 0 Å². The van der Waals surface area contributed by atoms with Crippen LogP contribution >= 0.6 is 0 Å². The Morgan fingerprint density at radius 3 is 2.73 bits per heavy atom. The van der Waals surface area contributed by atoms with Gasteiger partial charge in [0.1, 0.15) is 0 Å². The first kappa shape index (κ1) is 12.5. The average Bonchev–Trinajstić information content (AvgIpc) is 2.20. The second kappa shape index (κ2) is 6.11. The molecule has 1 saturated carbocycles. The fraction of sp³-hybridized carbons (Fsp3) is 0.917. The van der Waals surface area contributed by atoms with Gasteiger partial charge in [0, 0.05) is 12.6 Å². The molecule has 0 aliphatic heterocycles. The Kier molecular flexibility index (Phi) is 5.09. The minimum atomic E-state index is 0.114. The van der Waals surface area contributed by atoms with Gasteiger partial charge in [-0.05, 0) is 31.6 Å². The highest BCUT2D eigenvalue weighted by atomic mass is 16.1. The highest BCUT2D eigenvalue weighted by molar-refractivity contribution is 5.77. The van der Waals surface area contributed by atoms with Crippen molar-refractivity contribution < 1.29 is 4.79 Å². The number of carbonyl (C=O) groups excluding carboxylic acids is 1. The molecule has 3 heteroatoms. The first-order valence-corrected chi connectivity index (χ1v) is 6.13. The van der Waals surface area contributed by atoms with E-state index >= 15 is 0 Å². The van der Waals surface area contributed by atoms with Crippen LogP contribution in [-0.4, -0.2) is 25.0 Å². The standard InChI is InChI=1S/C12H24N2O/c1-4-13-12(15)8-14-11-7-9(2)5-6-10(11)3/h9-11,14H,4-8H2,1-3H3,(H,13,15). The third-order valence-electron chi connectivity index (χ3n) is 3.36. The van der Waals surface area contributed by atoms with Crippen LogP contribution in [0.3, 0.4) is 0 Å². The van der Waals surface area contributed by atoms with Crippen molar-refractivity contribution >= 4 is 5.91 Å². The summed E-state index contributed by atoms with van der Waals surface area (Å²) in [4.78, 5) is 11.3. The summed E-state index contributed by atoms with van der Waals surface area (Å²) in [6.45, 7) is 7.71. The van der Waals surface area contributed by atoms with Crippen LogP contribution in [0.1, 0.15) is 40.0 Å². The lowest BCUT2D eigenvalue weighted by Gasteiger charge is -2.33. The van der Waals surface area contributed by atoms with Crippen molar-refractivity contribution in [1.82, 2.24) is 10.6 Å². The fourth-order valence-electron chi connectivity index (χ4n) is 2.30. The summed E-state index contributed by atoms with van der Waals surface area (Å²) in [5.74, 6) is 1.62. The second-order valence-electron chi connectivity index (χ2n) is 4.84. The van der Waals surface area contributed by atoms with E-state index in [1.54, 1.807) is 0 Å². The van der Waals surface area contributed by atoms with Crippen molar-refractivity contribution in [3.05, 3.63) is 0 Å². The first-order chi connectivity index (χ1) is 7.13. The Hall–Kier alpha value is -0.570. The number of amides is 1. The number of nitrogens with one attached hydrogen (secondary N) is 2. The first-order valence-electron chi connectivity index (χ1n) is 6.13. The molecule has 0 aromatic carbocycles. The maximum atomic E-state index is 11.3. The van der Waals surface area contributed by atoms with Crippen LogP contribution in [0.15, 0.2) is 0 Å². The summed E-state index contributed by atoms with van der Waals surface area (Å²) < 4.78 is 0. The van der Waals surface area contributed by atoms with Crippen LogP contribution in [-0.2, 0) is 4.79 Å². The molecule has 0 radical (unpaired) electrons. The van der Waals surface area contributed by atoms with Gasteiger partial charge in [0.2, 0.25) is 5.91 Å². The molecule has 0 spiro atoms. The van der Waals surface area contributed by atoms with Gasteiger partial charge >= 0.3 is 0 Å². The van der Waals surface area contributed by atoms with Crippen LogP contribution in [0.4, 0.5) is 0 Å². The van der Waals surface area contributed by atoms with Gasteiger partial charge in [0.15, 0.2) is 0 Å². The zero-order valence-electron chi connectivity index (χ0n) is 10.2. The predicted octanol–water partition coefficient (Wildman–Crippen LogP) is 1.54. The molecule has 0 aromatic heterocycles. The minimum absolute atomic E-state index is 0.114. The van der Waals surface area contributed by atoms with Gasteiger partial charge in [-0.1, -0.05) is 20.3 Å². The van der Waals surface area contributed by atoms with E-state index in [1.165, 1.54) is 19.3 Å². The van der Waals surface area contributed by atoms with E-state index in [1.807, 2.05) is 6.92 Å². The van der Waals surface area contributed by atoms with Crippen molar-refractivity contribution in [2.75, 3.05) is 13.1 Å². The summed E-state index contributed by atoms with van der Waals surface area (Å²) in [7, 11) is 0. The fourth-order valence-corrected chi connectivity index (χ4v) is 2.30. The van der Waals surface area contributed by atoms with Crippen LogP contribution in [0.5, 0.6) is 0 Å². The predicted molar refractivity (Wildman–Crippen MR) is 62.7 cm³/mol. The van der Waals surface area contributed by atoms with Crippen LogP contribution in [0.2, 0.25) is 0 Å². The Labute approximate surface area is 93.0 Å². The second-order valence-corrected chi connectivity index (χ2v) is 4.84.